The Kier molecular flexibility index (Phi) is 4.30. The SMILES string of the molecule is CC(=O)OCc1c(C(=O)c2ccccc2)[n+]([O-])c2ccccc2[n+]1[O-]. The second-order valence-corrected chi connectivity index (χ2v) is 5.35. The summed E-state index contributed by atoms with van der Waals surface area (Å²) in [5.74, 6) is -1.24. The molecule has 0 spiro atoms. The van der Waals surface area contributed by atoms with Gasteiger partial charge in [0.05, 0.1) is 0 Å². The molecule has 0 saturated carbocycles. The van der Waals surface area contributed by atoms with Crippen molar-refractivity contribution < 1.29 is 23.8 Å². The number of hydrogen-bond acceptors (Lipinski definition) is 5. The number of ether oxygens (including phenoxy) is 1. The van der Waals surface area contributed by atoms with Crippen molar-refractivity contribution in [2.75, 3.05) is 0 Å². The summed E-state index contributed by atoms with van der Waals surface area (Å²) >= 11 is 0. The number of carbonyl (C=O) groups excluding carboxylic acids is 2. The zero-order valence-corrected chi connectivity index (χ0v) is 13.3. The fraction of sp³-hybridized carbons (Fsp3) is 0.111. The largest absolute Gasteiger partial charge is 0.618 e. The van der Waals surface area contributed by atoms with E-state index in [1.165, 1.54) is 19.1 Å². The maximum atomic E-state index is 12.8. The first-order valence-corrected chi connectivity index (χ1v) is 7.50. The molecule has 126 valence electrons. The molecule has 0 radical (unpaired) electrons. The maximum absolute atomic E-state index is 12.8. The van der Waals surface area contributed by atoms with Crippen LogP contribution in [0, 0.1) is 10.4 Å². The molecule has 1 heterocycles. The smallest absolute Gasteiger partial charge is 0.338 e. The van der Waals surface area contributed by atoms with E-state index in [0.29, 0.717) is 9.46 Å². The predicted octanol–water partition coefficient (Wildman–Crippen LogP) is 1.40. The van der Waals surface area contributed by atoms with E-state index in [1.807, 2.05) is 0 Å². The van der Waals surface area contributed by atoms with E-state index in [2.05, 4.69) is 0 Å². The summed E-state index contributed by atoms with van der Waals surface area (Å²) in [6, 6.07) is 14.2. The zero-order chi connectivity index (χ0) is 18.0. The van der Waals surface area contributed by atoms with Crippen molar-refractivity contribution in [1.82, 2.24) is 0 Å². The van der Waals surface area contributed by atoms with E-state index < -0.39 is 18.4 Å². The number of carbonyl (C=O) groups is 2. The average molecular weight is 338 g/mol. The fourth-order valence-corrected chi connectivity index (χ4v) is 2.53. The Morgan fingerprint density at radius 1 is 0.920 bits per heavy atom. The third kappa shape index (κ3) is 2.99. The van der Waals surface area contributed by atoms with Gasteiger partial charge in [-0.3, -0.25) is 9.59 Å². The molecular weight excluding hydrogens is 324 g/mol. The minimum Gasteiger partial charge on any atom is -0.618 e. The predicted molar refractivity (Wildman–Crippen MR) is 87.2 cm³/mol. The summed E-state index contributed by atoms with van der Waals surface area (Å²) in [6.45, 7) is 0.708. The number of esters is 1. The standard InChI is InChI=1S/C18H14N2O5/c1-12(21)25-11-16-17(18(22)13-7-3-2-4-8-13)20(24)15-10-6-5-9-14(15)19(16)23/h2-10H,11H2,1H3. The molecule has 2 aromatic carbocycles. The number of fused-ring (bicyclic) bond motifs is 1. The number of hydrogen-bond donors (Lipinski definition) is 0. The number of aromatic nitrogens is 2. The molecular formula is C18H14N2O5. The van der Waals surface area contributed by atoms with Gasteiger partial charge >= 0.3 is 17.4 Å². The molecule has 0 bridgehead atoms. The van der Waals surface area contributed by atoms with Crippen molar-refractivity contribution in [2.24, 2.45) is 0 Å². The molecule has 25 heavy (non-hydrogen) atoms. The quantitative estimate of drug-likeness (QED) is 0.310. The van der Waals surface area contributed by atoms with Gasteiger partial charge in [0.1, 0.15) is 0 Å². The van der Waals surface area contributed by atoms with Gasteiger partial charge in [-0.2, -0.15) is 9.46 Å². The van der Waals surface area contributed by atoms with Crippen molar-refractivity contribution >= 4 is 22.8 Å². The van der Waals surface area contributed by atoms with E-state index in [-0.39, 0.29) is 28.0 Å². The Morgan fingerprint density at radius 3 is 2.08 bits per heavy atom. The van der Waals surface area contributed by atoms with Gasteiger partial charge in [0.2, 0.25) is 0 Å². The molecule has 0 saturated heterocycles. The van der Waals surface area contributed by atoms with Crippen LogP contribution in [0.3, 0.4) is 0 Å². The molecule has 0 N–H and O–H groups in total. The van der Waals surface area contributed by atoms with Crippen LogP contribution in [0.2, 0.25) is 0 Å². The first kappa shape index (κ1) is 16.4. The van der Waals surface area contributed by atoms with Gasteiger partial charge in [0.15, 0.2) is 6.61 Å². The summed E-state index contributed by atoms with van der Waals surface area (Å²) < 4.78 is 5.75. The molecule has 0 aliphatic carbocycles. The van der Waals surface area contributed by atoms with Crippen LogP contribution in [-0.4, -0.2) is 11.8 Å². The van der Waals surface area contributed by atoms with Gasteiger partial charge < -0.3 is 15.2 Å². The van der Waals surface area contributed by atoms with Crippen molar-refractivity contribution in [3.63, 3.8) is 0 Å². The number of rotatable bonds is 4. The van der Waals surface area contributed by atoms with Crippen molar-refractivity contribution in [1.29, 1.82) is 0 Å². The first-order valence-electron chi connectivity index (χ1n) is 7.50. The third-order valence-electron chi connectivity index (χ3n) is 3.70. The van der Waals surface area contributed by atoms with Gasteiger partial charge in [-0.25, -0.2) is 0 Å². The molecule has 0 aliphatic rings. The van der Waals surface area contributed by atoms with Crippen LogP contribution < -0.4 is 9.46 Å². The lowest BCUT2D eigenvalue weighted by Crippen LogP contribution is -2.48. The van der Waals surface area contributed by atoms with E-state index in [1.54, 1.807) is 42.5 Å². The van der Waals surface area contributed by atoms with E-state index in [4.69, 9.17) is 4.74 Å². The second kappa shape index (κ2) is 6.56. The van der Waals surface area contributed by atoms with Crippen LogP contribution in [0.1, 0.15) is 28.7 Å². The minimum absolute atomic E-state index is 0.0587. The second-order valence-electron chi connectivity index (χ2n) is 5.35. The number of nitrogens with zero attached hydrogens (tertiary/aromatic N) is 2. The molecule has 0 amide bonds. The van der Waals surface area contributed by atoms with Gasteiger partial charge in [-0.15, -0.1) is 0 Å². The van der Waals surface area contributed by atoms with Crippen LogP contribution in [0.5, 0.6) is 0 Å². The zero-order valence-electron chi connectivity index (χ0n) is 13.3. The highest BCUT2D eigenvalue weighted by Crippen LogP contribution is 2.14. The lowest BCUT2D eigenvalue weighted by molar-refractivity contribution is -0.637. The number of para-hydroxylation sites is 2. The lowest BCUT2D eigenvalue weighted by atomic mass is 10.1. The third-order valence-corrected chi connectivity index (χ3v) is 3.70. The topological polar surface area (TPSA) is 97.2 Å². The van der Waals surface area contributed by atoms with E-state index in [0.717, 1.165) is 0 Å². The van der Waals surface area contributed by atoms with Gasteiger partial charge in [-0.05, 0) is 0 Å². The highest BCUT2D eigenvalue weighted by atomic mass is 16.5. The highest BCUT2D eigenvalue weighted by molar-refractivity contribution is 6.07. The molecule has 0 aliphatic heterocycles. The summed E-state index contributed by atoms with van der Waals surface area (Å²) in [5, 5.41) is 25.4. The van der Waals surface area contributed by atoms with Crippen LogP contribution in [0.15, 0.2) is 54.6 Å². The minimum atomic E-state index is -0.622. The normalized spacial score (nSPS) is 10.6. The molecule has 7 heteroatoms. The Hall–Kier alpha value is -3.48. The highest BCUT2D eigenvalue weighted by Gasteiger charge is 2.34. The van der Waals surface area contributed by atoms with Crippen LogP contribution in [0.4, 0.5) is 0 Å². The van der Waals surface area contributed by atoms with Gasteiger partial charge in [-0.1, -0.05) is 42.5 Å². The summed E-state index contributed by atoms with van der Waals surface area (Å²) in [5.41, 5.74) is -0.169. The van der Waals surface area contributed by atoms with Crippen LogP contribution >= 0.6 is 0 Å². The molecule has 0 atom stereocenters. The Labute approximate surface area is 142 Å². The number of ketones is 1. The van der Waals surface area contributed by atoms with E-state index in [9.17, 15) is 20.0 Å². The van der Waals surface area contributed by atoms with Crippen molar-refractivity contribution in [3.8, 4) is 0 Å². The van der Waals surface area contributed by atoms with Gasteiger partial charge in [0.25, 0.3) is 16.8 Å². The van der Waals surface area contributed by atoms with Gasteiger partial charge in [0, 0.05) is 24.6 Å². The molecule has 3 rings (SSSR count). The fourth-order valence-electron chi connectivity index (χ4n) is 2.53. The lowest BCUT2D eigenvalue weighted by Gasteiger charge is -2.12. The maximum Gasteiger partial charge on any atom is 0.338 e. The Bertz CT molecular complexity index is 970. The van der Waals surface area contributed by atoms with E-state index >= 15 is 0 Å². The van der Waals surface area contributed by atoms with Crippen molar-refractivity contribution in [2.45, 2.75) is 13.5 Å². The summed E-state index contributed by atoms with van der Waals surface area (Å²) in [7, 11) is 0. The van der Waals surface area contributed by atoms with Crippen LogP contribution in [-0.2, 0) is 16.1 Å². The first-order chi connectivity index (χ1) is 12.0. The molecule has 1 aromatic heterocycles. The van der Waals surface area contributed by atoms with Crippen molar-refractivity contribution in [3.05, 3.63) is 82.0 Å². The monoisotopic (exact) mass is 338 g/mol. The van der Waals surface area contributed by atoms with Crippen LogP contribution in [0.25, 0.3) is 11.0 Å². The average Bonchev–Trinajstić information content (AvgIpc) is 2.63. The number of benzene rings is 2. The summed E-state index contributed by atoms with van der Waals surface area (Å²) in [6.07, 6.45) is 0. The molecule has 0 fully saturated rings. The summed E-state index contributed by atoms with van der Waals surface area (Å²) in [4.78, 5) is 23.9. The molecule has 3 aromatic rings. The molecule has 7 nitrogen and oxygen atoms in total. The Morgan fingerprint density at radius 2 is 1.48 bits per heavy atom. The molecule has 0 unspecified atom stereocenters. The Balaban J connectivity index is 2.27.